The van der Waals surface area contributed by atoms with E-state index in [1.807, 2.05) is 13.8 Å². The topological polar surface area (TPSA) is 72.2 Å². The van der Waals surface area contributed by atoms with E-state index in [1.165, 1.54) is 12.1 Å². The molecule has 0 aliphatic heterocycles. The first-order valence-corrected chi connectivity index (χ1v) is 5.93. The van der Waals surface area contributed by atoms with E-state index in [0.717, 1.165) is 0 Å². The summed E-state index contributed by atoms with van der Waals surface area (Å²) in [5, 5.41) is 13.4. The van der Waals surface area contributed by atoms with Crippen LogP contribution in [0.3, 0.4) is 0 Å². The Morgan fingerprint density at radius 2 is 2.18 bits per heavy atom. The van der Waals surface area contributed by atoms with Gasteiger partial charge in [-0.2, -0.15) is 0 Å². The van der Waals surface area contributed by atoms with Crippen molar-refractivity contribution in [3.63, 3.8) is 0 Å². The third-order valence-electron chi connectivity index (χ3n) is 2.08. The maximum absolute atomic E-state index is 11.7. The van der Waals surface area contributed by atoms with Crippen molar-refractivity contribution in [1.29, 1.82) is 0 Å². The van der Waals surface area contributed by atoms with Crippen LogP contribution in [0.1, 0.15) is 24.2 Å². The summed E-state index contributed by atoms with van der Waals surface area (Å²) in [5.41, 5.74) is 0.183. The van der Waals surface area contributed by atoms with E-state index in [4.69, 9.17) is 0 Å². The summed E-state index contributed by atoms with van der Waals surface area (Å²) < 4.78 is 0.364. The Kier molecular flexibility index (Phi) is 4.62. The number of benzene rings is 1. The highest BCUT2D eigenvalue weighted by Crippen LogP contribution is 2.25. The average Bonchev–Trinajstić information content (AvgIpc) is 2.26. The van der Waals surface area contributed by atoms with Crippen molar-refractivity contribution in [3.8, 4) is 0 Å². The first kappa shape index (κ1) is 13.6. The van der Waals surface area contributed by atoms with Crippen LogP contribution in [-0.4, -0.2) is 17.4 Å². The average molecular weight is 301 g/mol. The van der Waals surface area contributed by atoms with E-state index in [2.05, 4.69) is 21.2 Å². The molecule has 1 aromatic carbocycles. The van der Waals surface area contributed by atoms with Gasteiger partial charge in [0.2, 0.25) is 0 Å². The highest BCUT2D eigenvalue weighted by Gasteiger charge is 2.15. The second-order valence-corrected chi connectivity index (χ2v) is 4.88. The van der Waals surface area contributed by atoms with E-state index in [1.54, 1.807) is 6.07 Å². The van der Waals surface area contributed by atoms with Crippen LogP contribution in [0.4, 0.5) is 5.69 Å². The fraction of sp³-hybridized carbons (Fsp3) is 0.364. The fourth-order valence-corrected chi connectivity index (χ4v) is 1.58. The van der Waals surface area contributed by atoms with Gasteiger partial charge in [-0.1, -0.05) is 13.8 Å². The molecule has 0 saturated carbocycles. The maximum Gasteiger partial charge on any atom is 0.284 e. The second kappa shape index (κ2) is 5.77. The standard InChI is InChI=1S/C11H13BrN2O3/c1-7(2)6-13-11(15)8-3-4-9(12)10(5-8)14(16)17/h3-5,7H,6H2,1-2H3,(H,13,15). The maximum atomic E-state index is 11.7. The third kappa shape index (κ3) is 3.81. The normalized spacial score (nSPS) is 10.4. The summed E-state index contributed by atoms with van der Waals surface area (Å²) in [6.45, 7) is 4.50. The van der Waals surface area contributed by atoms with Gasteiger partial charge in [-0.15, -0.1) is 0 Å². The summed E-state index contributed by atoms with van der Waals surface area (Å²) in [6.07, 6.45) is 0. The number of nitro groups is 1. The first-order valence-electron chi connectivity index (χ1n) is 5.14. The largest absolute Gasteiger partial charge is 0.352 e. The fourth-order valence-electron chi connectivity index (χ4n) is 1.19. The summed E-state index contributed by atoms with van der Waals surface area (Å²) in [7, 11) is 0. The monoisotopic (exact) mass is 300 g/mol. The Balaban J connectivity index is 2.88. The Labute approximate surface area is 107 Å². The molecule has 0 saturated heterocycles. The molecule has 0 fully saturated rings. The lowest BCUT2D eigenvalue weighted by Gasteiger charge is -2.07. The van der Waals surface area contributed by atoms with Gasteiger partial charge in [0, 0.05) is 18.2 Å². The number of amides is 1. The quantitative estimate of drug-likeness (QED) is 0.686. The van der Waals surface area contributed by atoms with Gasteiger partial charge in [0.25, 0.3) is 11.6 Å². The molecular formula is C11H13BrN2O3. The van der Waals surface area contributed by atoms with E-state index >= 15 is 0 Å². The number of nitrogens with one attached hydrogen (secondary N) is 1. The van der Waals surface area contributed by atoms with Gasteiger partial charge in [0.05, 0.1) is 9.40 Å². The lowest BCUT2D eigenvalue weighted by atomic mass is 10.1. The number of nitro benzene ring substituents is 1. The molecule has 5 nitrogen and oxygen atoms in total. The van der Waals surface area contributed by atoms with Crippen LogP contribution < -0.4 is 5.32 Å². The number of nitrogens with zero attached hydrogens (tertiary/aromatic N) is 1. The molecule has 1 aromatic rings. The smallest absolute Gasteiger partial charge is 0.284 e. The van der Waals surface area contributed by atoms with Crippen molar-refractivity contribution in [1.82, 2.24) is 5.32 Å². The van der Waals surface area contributed by atoms with Gasteiger partial charge in [-0.25, -0.2) is 0 Å². The summed E-state index contributed by atoms with van der Waals surface area (Å²) >= 11 is 3.07. The van der Waals surface area contributed by atoms with Crippen LogP contribution in [0.2, 0.25) is 0 Å². The van der Waals surface area contributed by atoms with E-state index in [9.17, 15) is 14.9 Å². The molecule has 6 heteroatoms. The van der Waals surface area contributed by atoms with Crippen molar-refractivity contribution in [2.45, 2.75) is 13.8 Å². The van der Waals surface area contributed by atoms with Crippen LogP contribution in [0, 0.1) is 16.0 Å². The number of hydrogen-bond donors (Lipinski definition) is 1. The second-order valence-electron chi connectivity index (χ2n) is 4.03. The van der Waals surface area contributed by atoms with Gasteiger partial charge in [0.15, 0.2) is 0 Å². The predicted molar refractivity (Wildman–Crippen MR) is 68.0 cm³/mol. The zero-order chi connectivity index (χ0) is 13.0. The molecule has 1 N–H and O–H groups in total. The molecule has 0 radical (unpaired) electrons. The number of carbonyl (C=O) groups is 1. The Hall–Kier alpha value is -1.43. The minimum atomic E-state index is -0.524. The van der Waals surface area contributed by atoms with Crippen molar-refractivity contribution >= 4 is 27.5 Å². The Bertz CT molecular complexity index is 446. The van der Waals surface area contributed by atoms with Gasteiger partial charge < -0.3 is 5.32 Å². The molecule has 0 aliphatic carbocycles. The Morgan fingerprint density at radius 3 is 2.71 bits per heavy atom. The molecule has 0 heterocycles. The van der Waals surface area contributed by atoms with Crippen molar-refractivity contribution in [2.24, 2.45) is 5.92 Å². The minimum Gasteiger partial charge on any atom is -0.352 e. The van der Waals surface area contributed by atoms with Crippen LogP contribution in [-0.2, 0) is 0 Å². The highest BCUT2D eigenvalue weighted by molar-refractivity contribution is 9.10. The molecular weight excluding hydrogens is 288 g/mol. The summed E-state index contributed by atoms with van der Waals surface area (Å²) in [5.74, 6) is 0.0404. The van der Waals surface area contributed by atoms with Crippen LogP contribution in [0.5, 0.6) is 0 Å². The number of halogens is 1. The summed E-state index contributed by atoms with van der Waals surface area (Å²) in [6, 6.07) is 4.31. The first-order chi connectivity index (χ1) is 7.91. The highest BCUT2D eigenvalue weighted by atomic mass is 79.9. The molecule has 0 aliphatic rings. The molecule has 0 aromatic heterocycles. The van der Waals surface area contributed by atoms with Gasteiger partial charge >= 0.3 is 0 Å². The SMILES string of the molecule is CC(C)CNC(=O)c1ccc(Br)c([N+](=O)[O-])c1. The molecule has 92 valence electrons. The van der Waals surface area contributed by atoms with Crippen molar-refractivity contribution < 1.29 is 9.72 Å². The molecule has 0 unspecified atom stereocenters. The zero-order valence-corrected chi connectivity index (χ0v) is 11.2. The molecule has 0 bridgehead atoms. The van der Waals surface area contributed by atoms with Crippen LogP contribution in [0.25, 0.3) is 0 Å². The van der Waals surface area contributed by atoms with Gasteiger partial charge in [-0.3, -0.25) is 14.9 Å². The van der Waals surface area contributed by atoms with Crippen molar-refractivity contribution in [2.75, 3.05) is 6.54 Å². The lowest BCUT2D eigenvalue weighted by Crippen LogP contribution is -2.27. The molecule has 17 heavy (non-hydrogen) atoms. The van der Waals surface area contributed by atoms with Gasteiger partial charge in [-0.05, 0) is 34.0 Å². The summed E-state index contributed by atoms with van der Waals surface area (Å²) in [4.78, 5) is 21.9. The Morgan fingerprint density at radius 1 is 1.53 bits per heavy atom. The number of carbonyl (C=O) groups excluding carboxylic acids is 1. The van der Waals surface area contributed by atoms with E-state index in [0.29, 0.717) is 22.5 Å². The van der Waals surface area contributed by atoms with E-state index < -0.39 is 4.92 Å². The van der Waals surface area contributed by atoms with Crippen LogP contribution in [0.15, 0.2) is 22.7 Å². The number of rotatable bonds is 4. The van der Waals surface area contributed by atoms with Crippen molar-refractivity contribution in [3.05, 3.63) is 38.3 Å². The minimum absolute atomic E-state index is 0.109. The molecule has 1 rings (SSSR count). The van der Waals surface area contributed by atoms with E-state index in [-0.39, 0.29) is 11.6 Å². The third-order valence-corrected chi connectivity index (χ3v) is 2.75. The number of hydrogen-bond acceptors (Lipinski definition) is 3. The van der Waals surface area contributed by atoms with Crippen LogP contribution >= 0.6 is 15.9 Å². The lowest BCUT2D eigenvalue weighted by molar-refractivity contribution is -0.385. The molecule has 0 spiro atoms. The zero-order valence-electron chi connectivity index (χ0n) is 9.57. The molecule has 1 amide bonds. The predicted octanol–water partition coefficient (Wildman–Crippen LogP) is 2.74. The van der Waals surface area contributed by atoms with Gasteiger partial charge in [0.1, 0.15) is 0 Å². The molecule has 0 atom stereocenters.